The van der Waals surface area contributed by atoms with Crippen LogP contribution in [-0.2, 0) is 20.7 Å². The van der Waals surface area contributed by atoms with E-state index in [4.69, 9.17) is 9.47 Å². The Morgan fingerprint density at radius 3 is 2.24 bits per heavy atom. The fourth-order valence-electron chi connectivity index (χ4n) is 5.42. The number of Topliss-reactive ketones (excluding diaryl/α,β-unsaturated/α-hetero) is 1. The second-order valence-corrected chi connectivity index (χ2v) is 11.2. The van der Waals surface area contributed by atoms with Gasteiger partial charge in [0.25, 0.3) is 0 Å². The number of alkyl halides is 1. The van der Waals surface area contributed by atoms with E-state index in [1.54, 1.807) is 12.1 Å². The van der Waals surface area contributed by atoms with E-state index in [-0.39, 0.29) is 22.3 Å². The number of fused-ring (bicyclic) bond motifs is 3. The SMILES string of the molecule is CC1OC(OC2C[C@](O)(C(=O)CO)Cc3c(O)c4c(c(O)c32)C(=O)c2ccccc2C4=O)C(I)C(O)C1O. The summed E-state index contributed by atoms with van der Waals surface area (Å²) in [5.41, 5.74) is -3.42. The van der Waals surface area contributed by atoms with E-state index in [0.29, 0.717) is 0 Å². The van der Waals surface area contributed by atoms with E-state index in [1.165, 1.54) is 19.1 Å². The van der Waals surface area contributed by atoms with Gasteiger partial charge >= 0.3 is 0 Å². The third-order valence-corrected chi connectivity index (χ3v) is 8.83. The zero-order valence-electron chi connectivity index (χ0n) is 20.0. The minimum absolute atomic E-state index is 0.0230. The van der Waals surface area contributed by atoms with Crippen molar-refractivity contribution >= 4 is 39.9 Å². The van der Waals surface area contributed by atoms with Gasteiger partial charge in [-0.3, -0.25) is 14.4 Å². The smallest absolute Gasteiger partial charge is 0.198 e. The number of aliphatic hydroxyl groups excluding tert-OH is 3. The number of carbonyl (C=O) groups excluding carboxylic acids is 3. The molecule has 11 nitrogen and oxygen atoms in total. The summed E-state index contributed by atoms with van der Waals surface area (Å²) in [5, 5.41) is 64.0. The Morgan fingerprint density at radius 1 is 1.08 bits per heavy atom. The van der Waals surface area contributed by atoms with Crippen molar-refractivity contribution in [2.45, 2.75) is 60.0 Å². The van der Waals surface area contributed by atoms with Crippen LogP contribution in [0.3, 0.4) is 0 Å². The molecule has 0 bridgehead atoms. The number of halogens is 1. The first-order valence-electron chi connectivity index (χ1n) is 11.9. The molecule has 3 aliphatic rings. The average Bonchev–Trinajstić information content (AvgIpc) is 2.90. The van der Waals surface area contributed by atoms with Crippen molar-refractivity contribution in [3.63, 3.8) is 0 Å². The van der Waals surface area contributed by atoms with Crippen molar-refractivity contribution in [1.29, 1.82) is 0 Å². The Kier molecular flexibility index (Phi) is 6.87. The number of hydrogen-bond acceptors (Lipinski definition) is 11. The van der Waals surface area contributed by atoms with Crippen LogP contribution in [-0.4, -0.2) is 88.7 Å². The molecule has 12 heteroatoms. The Hall–Kier alpha value is -2.46. The second kappa shape index (κ2) is 9.62. The van der Waals surface area contributed by atoms with E-state index in [1.807, 2.05) is 22.6 Å². The van der Waals surface area contributed by atoms with Crippen LogP contribution in [0.2, 0.25) is 0 Å². The van der Waals surface area contributed by atoms with Crippen LogP contribution in [0.25, 0.3) is 0 Å². The molecule has 2 aromatic carbocycles. The molecule has 6 N–H and O–H groups in total. The first-order valence-corrected chi connectivity index (χ1v) is 13.1. The zero-order chi connectivity index (χ0) is 27.7. The summed E-state index contributed by atoms with van der Waals surface area (Å²) in [5.74, 6) is -3.76. The highest BCUT2D eigenvalue weighted by atomic mass is 127. The van der Waals surface area contributed by atoms with Crippen molar-refractivity contribution in [1.82, 2.24) is 0 Å². The molecule has 2 aromatic rings. The van der Waals surface area contributed by atoms with Gasteiger partial charge in [0.05, 0.1) is 33.4 Å². The maximum Gasteiger partial charge on any atom is 0.198 e. The lowest BCUT2D eigenvalue weighted by Gasteiger charge is -2.43. The van der Waals surface area contributed by atoms with Gasteiger partial charge in [0, 0.05) is 35.1 Å². The summed E-state index contributed by atoms with van der Waals surface area (Å²) in [6.45, 7) is 0.479. The van der Waals surface area contributed by atoms with Gasteiger partial charge in [-0.2, -0.15) is 0 Å². The molecule has 0 aromatic heterocycles. The van der Waals surface area contributed by atoms with E-state index in [0.717, 1.165) is 0 Å². The molecule has 0 amide bonds. The molecule has 2 aliphatic carbocycles. The monoisotopic (exact) mass is 640 g/mol. The molecule has 0 spiro atoms. The number of phenols is 2. The molecular weight excluding hydrogens is 615 g/mol. The van der Waals surface area contributed by atoms with Gasteiger partial charge in [0.15, 0.2) is 23.6 Å². The number of rotatable bonds is 4. The topological polar surface area (TPSA) is 191 Å². The van der Waals surface area contributed by atoms with E-state index >= 15 is 0 Å². The van der Waals surface area contributed by atoms with Crippen LogP contribution in [0, 0.1) is 0 Å². The van der Waals surface area contributed by atoms with E-state index < -0.39 is 99.7 Å². The fraction of sp³-hybridized carbons (Fsp3) is 0.423. The molecule has 38 heavy (non-hydrogen) atoms. The predicted molar refractivity (Wildman–Crippen MR) is 136 cm³/mol. The van der Waals surface area contributed by atoms with Crippen molar-refractivity contribution in [2.24, 2.45) is 0 Å². The van der Waals surface area contributed by atoms with Crippen LogP contribution in [0.15, 0.2) is 24.3 Å². The van der Waals surface area contributed by atoms with Gasteiger partial charge in [-0.25, -0.2) is 0 Å². The van der Waals surface area contributed by atoms with E-state index in [2.05, 4.69) is 0 Å². The maximum absolute atomic E-state index is 13.4. The molecule has 1 fully saturated rings. The minimum atomic E-state index is -2.26. The number of benzene rings is 2. The number of ketones is 3. The zero-order valence-corrected chi connectivity index (χ0v) is 22.2. The lowest BCUT2D eigenvalue weighted by molar-refractivity contribution is -0.259. The highest BCUT2D eigenvalue weighted by Gasteiger charge is 2.51. The number of hydrogen-bond donors (Lipinski definition) is 6. The molecule has 0 saturated carbocycles. The lowest BCUT2D eigenvalue weighted by Crippen LogP contribution is -2.55. The summed E-state index contributed by atoms with van der Waals surface area (Å²) in [6.07, 6.45) is -6.99. The minimum Gasteiger partial charge on any atom is -0.507 e. The van der Waals surface area contributed by atoms with Gasteiger partial charge in [0.1, 0.15) is 29.8 Å². The fourth-order valence-corrected chi connectivity index (χ4v) is 6.19. The highest BCUT2D eigenvalue weighted by molar-refractivity contribution is 14.1. The van der Waals surface area contributed by atoms with Gasteiger partial charge in [-0.05, 0) is 6.92 Å². The molecule has 6 unspecified atom stereocenters. The van der Waals surface area contributed by atoms with Crippen molar-refractivity contribution in [3.05, 3.63) is 57.6 Å². The maximum atomic E-state index is 13.4. The largest absolute Gasteiger partial charge is 0.507 e. The summed E-state index contributed by atoms with van der Waals surface area (Å²) in [6, 6.07) is 5.93. The number of ether oxygens (including phenoxy) is 2. The Labute approximate surface area is 229 Å². The standard InChI is InChI=1S/C26H25IO11/c1-9-19(30)24(35)18(27)25(37-9)38-13-7-26(36,14(29)8-28)6-12-15(13)23(34)17-16(22(12)33)20(31)10-4-2-3-5-11(10)21(17)32/h2-5,9,13,18-19,24-25,28,30,33-36H,6-8H2,1H3/t9?,13?,18?,19?,24?,25?,26-/m0/s1. The second-order valence-electron chi connectivity index (χ2n) is 9.80. The van der Waals surface area contributed by atoms with Gasteiger partial charge < -0.3 is 40.1 Å². The first-order chi connectivity index (χ1) is 17.9. The normalized spacial score (nSPS) is 32.4. The van der Waals surface area contributed by atoms with Gasteiger partial charge in [0.2, 0.25) is 0 Å². The first kappa shape index (κ1) is 27.1. The summed E-state index contributed by atoms with van der Waals surface area (Å²) < 4.78 is 10.9. The van der Waals surface area contributed by atoms with Crippen LogP contribution >= 0.6 is 22.6 Å². The predicted octanol–water partition coefficient (Wildman–Crippen LogP) is 0.440. The molecule has 202 valence electrons. The third kappa shape index (κ3) is 3.97. The van der Waals surface area contributed by atoms with Gasteiger partial charge in [-0.1, -0.05) is 46.9 Å². The van der Waals surface area contributed by atoms with Crippen LogP contribution in [0.4, 0.5) is 0 Å². The van der Waals surface area contributed by atoms with Crippen LogP contribution in [0.1, 0.15) is 62.4 Å². The molecule has 1 saturated heterocycles. The Balaban J connectivity index is 1.68. The summed E-state index contributed by atoms with van der Waals surface area (Å²) in [7, 11) is 0. The summed E-state index contributed by atoms with van der Waals surface area (Å²) in [4.78, 5) is 39.3. The number of phenolic OH excluding ortho intramolecular Hbond substituents is 2. The lowest BCUT2D eigenvalue weighted by atomic mass is 9.72. The Bertz CT molecular complexity index is 1360. The number of aromatic hydroxyl groups is 2. The molecule has 5 rings (SSSR count). The molecule has 0 radical (unpaired) electrons. The van der Waals surface area contributed by atoms with Crippen LogP contribution < -0.4 is 0 Å². The van der Waals surface area contributed by atoms with Crippen LogP contribution in [0.5, 0.6) is 11.5 Å². The average molecular weight is 640 g/mol. The van der Waals surface area contributed by atoms with E-state index in [9.17, 15) is 45.0 Å². The molecule has 1 heterocycles. The number of aliphatic hydroxyl groups is 4. The summed E-state index contributed by atoms with van der Waals surface area (Å²) >= 11 is 1.81. The van der Waals surface area contributed by atoms with Crippen molar-refractivity contribution < 1.29 is 54.5 Å². The van der Waals surface area contributed by atoms with Gasteiger partial charge in [-0.15, -0.1) is 0 Å². The van der Waals surface area contributed by atoms with Crippen molar-refractivity contribution in [3.8, 4) is 11.5 Å². The third-order valence-electron chi connectivity index (χ3n) is 7.50. The quantitative estimate of drug-likeness (QED) is 0.132. The van der Waals surface area contributed by atoms with Crippen molar-refractivity contribution in [2.75, 3.05) is 6.61 Å². The Morgan fingerprint density at radius 2 is 1.66 bits per heavy atom. The molecule has 7 atom stereocenters. The molecule has 1 aliphatic heterocycles. The molecular formula is C26H25IO11. The number of carbonyl (C=O) groups is 3. The highest BCUT2D eigenvalue weighted by Crippen LogP contribution is 2.52.